The van der Waals surface area contributed by atoms with E-state index in [2.05, 4.69) is 10.3 Å². The Hall–Kier alpha value is -2.77. The van der Waals surface area contributed by atoms with Gasteiger partial charge in [0, 0.05) is 18.5 Å². The molecule has 1 aromatic rings. The third-order valence-corrected chi connectivity index (χ3v) is 5.88. The molecule has 0 radical (unpaired) electrons. The summed E-state index contributed by atoms with van der Waals surface area (Å²) in [6, 6.07) is 3.04. The Kier molecular flexibility index (Phi) is 4.67. The monoisotopic (exact) mass is 403 g/mol. The highest BCUT2D eigenvalue weighted by Gasteiger charge is 2.41. The van der Waals surface area contributed by atoms with Gasteiger partial charge in [0.25, 0.3) is 5.91 Å². The zero-order chi connectivity index (χ0) is 20.9. The molecule has 1 aromatic carbocycles. The van der Waals surface area contributed by atoms with Crippen LogP contribution in [-0.2, 0) is 4.79 Å². The Morgan fingerprint density at radius 3 is 2.66 bits per heavy atom. The number of carboxylic acid groups (broad SMARTS) is 1. The summed E-state index contributed by atoms with van der Waals surface area (Å²) in [5.41, 5.74) is 2.48. The Balaban J connectivity index is 1.82. The summed E-state index contributed by atoms with van der Waals surface area (Å²) in [5.74, 6) is -4.01. The summed E-state index contributed by atoms with van der Waals surface area (Å²) in [4.78, 5) is 30.6. The first-order chi connectivity index (χ1) is 13.7. The van der Waals surface area contributed by atoms with Crippen LogP contribution in [0.1, 0.15) is 54.9 Å². The van der Waals surface area contributed by atoms with Gasteiger partial charge in [0.05, 0.1) is 23.0 Å². The number of nitrogens with zero attached hydrogens (tertiary/aromatic N) is 2. The highest BCUT2D eigenvalue weighted by Crippen LogP contribution is 2.44. The fourth-order valence-electron chi connectivity index (χ4n) is 4.31. The minimum Gasteiger partial charge on any atom is -0.478 e. The molecule has 29 heavy (non-hydrogen) atoms. The SMILES string of the molecule is Cc1cc2c(cc1C(=O)O)NC(=O)C1=NC(C)CC=C(C3CCC(F)(F)CC3)N12. The lowest BCUT2D eigenvalue weighted by Crippen LogP contribution is -2.46. The maximum Gasteiger partial charge on any atom is 0.336 e. The van der Waals surface area contributed by atoms with Gasteiger partial charge in [-0.3, -0.25) is 14.7 Å². The summed E-state index contributed by atoms with van der Waals surface area (Å²) in [5, 5.41) is 12.2. The summed E-state index contributed by atoms with van der Waals surface area (Å²) in [6.45, 7) is 3.60. The fourth-order valence-corrected chi connectivity index (χ4v) is 4.31. The van der Waals surface area contributed by atoms with E-state index in [1.807, 2.05) is 13.0 Å². The molecule has 1 fully saturated rings. The van der Waals surface area contributed by atoms with Crippen molar-refractivity contribution >= 4 is 29.1 Å². The summed E-state index contributed by atoms with van der Waals surface area (Å²) < 4.78 is 27.4. The van der Waals surface area contributed by atoms with Crippen LogP contribution in [0.4, 0.5) is 20.2 Å². The average Bonchev–Trinajstić information content (AvgIpc) is 2.81. The number of aromatic carboxylic acids is 1. The molecule has 8 heteroatoms. The van der Waals surface area contributed by atoms with Crippen LogP contribution in [0.25, 0.3) is 0 Å². The number of allylic oxidation sites excluding steroid dienone is 1. The highest BCUT2D eigenvalue weighted by molar-refractivity contribution is 6.50. The molecule has 0 saturated heterocycles. The lowest BCUT2D eigenvalue weighted by Gasteiger charge is -2.38. The Morgan fingerprint density at radius 1 is 1.31 bits per heavy atom. The lowest BCUT2D eigenvalue weighted by molar-refractivity contribution is -0.110. The molecule has 154 valence electrons. The number of aryl methyl sites for hydroxylation is 1. The van der Waals surface area contributed by atoms with Crippen LogP contribution in [-0.4, -0.2) is 34.8 Å². The van der Waals surface area contributed by atoms with Gasteiger partial charge >= 0.3 is 5.97 Å². The van der Waals surface area contributed by atoms with E-state index in [4.69, 9.17) is 0 Å². The number of fused-ring (bicyclic) bond motifs is 3. The standard InChI is InChI=1S/C21H23F2N3O3/c1-11-9-17-15(10-14(11)20(28)29)25-19(27)18-24-12(2)3-4-16(26(17)18)13-5-7-21(22,23)8-6-13/h4,9-10,12-13H,3,5-8H2,1-2H3,(H,25,27)(H,28,29). The minimum absolute atomic E-state index is 0.107. The van der Waals surface area contributed by atoms with Crippen molar-refractivity contribution in [1.82, 2.24) is 0 Å². The number of nitrogens with one attached hydrogen (secondary N) is 1. The van der Waals surface area contributed by atoms with Crippen LogP contribution >= 0.6 is 0 Å². The quantitative estimate of drug-likeness (QED) is 0.769. The van der Waals surface area contributed by atoms with Crippen LogP contribution in [0, 0.1) is 12.8 Å². The van der Waals surface area contributed by atoms with Crippen molar-refractivity contribution in [3.8, 4) is 0 Å². The molecule has 1 aliphatic carbocycles. The molecule has 0 bridgehead atoms. The molecule has 1 saturated carbocycles. The minimum atomic E-state index is -2.64. The largest absolute Gasteiger partial charge is 0.478 e. The number of rotatable bonds is 2. The topological polar surface area (TPSA) is 82.0 Å². The number of carbonyl (C=O) groups is 2. The molecule has 2 heterocycles. The first kappa shape index (κ1) is 19.5. The van der Waals surface area contributed by atoms with Crippen molar-refractivity contribution in [2.45, 2.75) is 57.9 Å². The number of amides is 1. The summed E-state index contributed by atoms with van der Waals surface area (Å²) in [6.07, 6.45) is 2.91. The first-order valence-electron chi connectivity index (χ1n) is 9.81. The van der Waals surface area contributed by atoms with E-state index < -0.39 is 17.8 Å². The van der Waals surface area contributed by atoms with E-state index >= 15 is 0 Å². The van der Waals surface area contributed by atoms with Gasteiger partial charge in [-0.05, 0) is 56.7 Å². The molecule has 1 unspecified atom stereocenters. The van der Waals surface area contributed by atoms with E-state index in [1.165, 1.54) is 6.07 Å². The zero-order valence-electron chi connectivity index (χ0n) is 16.3. The van der Waals surface area contributed by atoms with Crippen molar-refractivity contribution in [3.05, 3.63) is 35.0 Å². The van der Waals surface area contributed by atoms with Gasteiger partial charge in [-0.1, -0.05) is 6.08 Å². The van der Waals surface area contributed by atoms with Crippen LogP contribution in [0.2, 0.25) is 0 Å². The van der Waals surface area contributed by atoms with Crippen LogP contribution < -0.4 is 10.2 Å². The number of hydrogen-bond acceptors (Lipinski definition) is 4. The van der Waals surface area contributed by atoms with E-state index in [-0.39, 0.29) is 36.2 Å². The number of hydrogen-bond donors (Lipinski definition) is 2. The molecule has 1 amide bonds. The van der Waals surface area contributed by atoms with Gasteiger partial charge < -0.3 is 10.4 Å². The van der Waals surface area contributed by atoms with Crippen molar-refractivity contribution in [2.75, 3.05) is 10.2 Å². The highest BCUT2D eigenvalue weighted by atomic mass is 19.3. The molecule has 4 rings (SSSR count). The number of carbonyl (C=O) groups excluding carboxylic acids is 1. The number of amidine groups is 1. The maximum absolute atomic E-state index is 13.7. The van der Waals surface area contributed by atoms with E-state index in [0.29, 0.717) is 36.2 Å². The van der Waals surface area contributed by atoms with E-state index in [1.54, 1.807) is 17.9 Å². The first-order valence-corrected chi connectivity index (χ1v) is 9.81. The lowest BCUT2D eigenvalue weighted by atomic mass is 9.83. The van der Waals surface area contributed by atoms with Crippen LogP contribution in [0.3, 0.4) is 0 Å². The predicted molar refractivity (Wildman–Crippen MR) is 106 cm³/mol. The zero-order valence-corrected chi connectivity index (χ0v) is 16.3. The van der Waals surface area contributed by atoms with Crippen molar-refractivity contribution in [3.63, 3.8) is 0 Å². The second kappa shape index (κ2) is 6.93. The van der Waals surface area contributed by atoms with Gasteiger partial charge in [-0.25, -0.2) is 13.6 Å². The van der Waals surface area contributed by atoms with E-state index in [0.717, 1.165) is 5.70 Å². The second-order valence-electron chi connectivity index (χ2n) is 8.08. The second-order valence-corrected chi connectivity index (χ2v) is 8.08. The predicted octanol–water partition coefficient (Wildman–Crippen LogP) is 4.35. The van der Waals surface area contributed by atoms with Gasteiger partial charge in [0.1, 0.15) is 0 Å². The molecular weight excluding hydrogens is 380 g/mol. The van der Waals surface area contributed by atoms with Crippen LogP contribution in [0.15, 0.2) is 28.9 Å². The van der Waals surface area contributed by atoms with Gasteiger partial charge in [-0.15, -0.1) is 0 Å². The van der Waals surface area contributed by atoms with E-state index in [9.17, 15) is 23.5 Å². The molecular formula is C21H23F2N3O3. The normalized spacial score (nSPS) is 23.9. The number of carboxylic acids is 1. The van der Waals surface area contributed by atoms with Gasteiger partial charge in [0.2, 0.25) is 5.92 Å². The van der Waals surface area contributed by atoms with Crippen LogP contribution in [0.5, 0.6) is 0 Å². The Labute approximate surface area is 167 Å². The average molecular weight is 403 g/mol. The summed E-state index contributed by atoms with van der Waals surface area (Å²) >= 11 is 0. The molecule has 0 spiro atoms. The fraction of sp³-hybridized carbons (Fsp3) is 0.476. The van der Waals surface area contributed by atoms with Crippen molar-refractivity contribution in [2.24, 2.45) is 10.9 Å². The van der Waals surface area contributed by atoms with Gasteiger partial charge in [0.15, 0.2) is 5.84 Å². The maximum atomic E-state index is 13.7. The molecule has 1 atom stereocenters. The number of alkyl halides is 2. The molecule has 6 nitrogen and oxygen atoms in total. The summed E-state index contributed by atoms with van der Waals surface area (Å²) in [7, 11) is 0. The third kappa shape index (κ3) is 3.52. The van der Waals surface area contributed by atoms with Crippen molar-refractivity contribution < 1.29 is 23.5 Å². The smallest absolute Gasteiger partial charge is 0.336 e. The Morgan fingerprint density at radius 2 is 2.00 bits per heavy atom. The Bertz CT molecular complexity index is 945. The number of benzene rings is 1. The number of halogens is 2. The number of anilines is 2. The van der Waals surface area contributed by atoms with Gasteiger partial charge in [-0.2, -0.15) is 0 Å². The third-order valence-electron chi connectivity index (χ3n) is 5.88. The molecule has 3 aliphatic rings. The van der Waals surface area contributed by atoms with Crippen molar-refractivity contribution in [1.29, 1.82) is 0 Å². The molecule has 2 aliphatic heterocycles. The molecule has 2 N–H and O–H groups in total. The molecule has 0 aromatic heterocycles. The number of aliphatic imine (C=N–C) groups is 1.